The summed E-state index contributed by atoms with van der Waals surface area (Å²) in [5.41, 5.74) is 6.00. The molecule has 3 unspecified atom stereocenters. The van der Waals surface area contributed by atoms with E-state index in [1.165, 1.54) is 10.9 Å². The molecule has 2 aromatic rings. The number of fused-ring (bicyclic) bond motifs is 1. The minimum atomic E-state index is -5.70. The summed E-state index contributed by atoms with van der Waals surface area (Å²) in [6.07, 6.45) is -3.69. The number of aliphatic hydroxyl groups excluding tert-OH is 2. The summed E-state index contributed by atoms with van der Waals surface area (Å²) in [6.45, 7) is -0.956. The summed E-state index contributed by atoms with van der Waals surface area (Å²) < 4.78 is 51.9. The third kappa shape index (κ3) is 5.71. The molecule has 1 aliphatic heterocycles. The fourth-order valence-electron chi connectivity index (χ4n) is 2.62. The predicted molar refractivity (Wildman–Crippen MR) is 95.5 cm³/mol. The van der Waals surface area contributed by atoms with Crippen molar-refractivity contribution >= 4 is 40.4 Å². The number of nitrogen functional groups attached to an aromatic ring is 1. The van der Waals surface area contributed by atoms with E-state index in [1.807, 2.05) is 0 Å². The molecular formula is C10H16N5O13P3. The Morgan fingerprint density at radius 2 is 1.84 bits per heavy atom. The second-order valence-electron chi connectivity index (χ2n) is 6.02. The number of imidazole rings is 1. The summed E-state index contributed by atoms with van der Waals surface area (Å²) in [4.78, 5) is 47.2. The third-order valence-corrected chi connectivity index (χ3v) is 7.62. The minimum absolute atomic E-state index is 0.0426. The zero-order chi connectivity index (χ0) is 23.2. The van der Waals surface area contributed by atoms with Gasteiger partial charge >= 0.3 is 23.5 Å². The molecule has 3 rings (SSSR count). The Hall–Kier alpha value is -1.36. The van der Waals surface area contributed by atoms with Crippen LogP contribution in [0.3, 0.4) is 0 Å². The molecule has 0 aromatic carbocycles. The number of hydrogen-bond acceptors (Lipinski definition) is 13. The molecule has 0 spiro atoms. The molecule has 21 heteroatoms. The van der Waals surface area contributed by atoms with Crippen molar-refractivity contribution in [2.24, 2.45) is 0 Å². The van der Waals surface area contributed by atoms with Crippen LogP contribution in [0.4, 0.5) is 5.82 Å². The molecule has 1 aliphatic rings. The fourth-order valence-corrected chi connectivity index (χ4v) is 5.65. The van der Waals surface area contributed by atoms with E-state index >= 15 is 0 Å². The maximum absolute atomic E-state index is 11.8. The van der Waals surface area contributed by atoms with Crippen LogP contribution in [0.2, 0.25) is 0 Å². The van der Waals surface area contributed by atoms with Crippen molar-refractivity contribution in [2.75, 3.05) is 12.3 Å². The number of hydrogen-bond donors (Lipinski definition) is 7. The molecule has 7 atom stereocenters. The third-order valence-electron chi connectivity index (χ3n) is 3.82. The molecule has 1 saturated heterocycles. The normalized spacial score (nSPS) is 30.0. The number of rotatable bonds is 8. The first kappa shape index (κ1) is 24.3. The minimum Gasteiger partial charge on any atom is -0.387 e. The van der Waals surface area contributed by atoms with E-state index in [0.29, 0.717) is 0 Å². The lowest BCUT2D eigenvalue weighted by Gasteiger charge is -2.19. The van der Waals surface area contributed by atoms with Gasteiger partial charge in [-0.2, -0.15) is 8.62 Å². The maximum Gasteiger partial charge on any atom is 0.490 e. The number of phosphoric ester groups is 1. The highest BCUT2D eigenvalue weighted by Gasteiger charge is 2.47. The van der Waals surface area contributed by atoms with Crippen molar-refractivity contribution < 1.29 is 61.4 Å². The standard InChI is InChI=1S/C10H16N5O13P3/c11-8-5-9(13-2-12-8)15(3-14-5)10-7(17)6(16)4(26-10)1-25-30(21,22)28-31(23,24)27-29(18,19)20/h2-4,6-7,10,16-17H,1H2,(H,21,22)(H,23,24)(H2,11,12,13)(H2,18,19,20)/t4-,6-,7-,10-/m1/s1/i18+2,19+2. The highest BCUT2D eigenvalue weighted by Crippen LogP contribution is 2.66. The van der Waals surface area contributed by atoms with Crippen LogP contribution in [-0.2, 0) is 31.6 Å². The summed E-state index contributed by atoms with van der Waals surface area (Å²) in [6, 6.07) is 0. The first-order chi connectivity index (χ1) is 14.2. The van der Waals surface area contributed by atoms with E-state index in [1.54, 1.807) is 0 Å². The van der Waals surface area contributed by atoms with E-state index in [-0.39, 0.29) is 17.0 Å². The second-order valence-corrected chi connectivity index (χ2v) is 10.4. The van der Waals surface area contributed by atoms with Crippen molar-refractivity contribution in [2.45, 2.75) is 24.5 Å². The van der Waals surface area contributed by atoms with Gasteiger partial charge in [0.05, 0.1) is 12.9 Å². The Morgan fingerprint density at radius 1 is 1.16 bits per heavy atom. The van der Waals surface area contributed by atoms with Gasteiger partial charge in [0, 0.05) is 0 Å². The number of nitrogens with two attached hydrogens (primary N) is 1. The molecular weight excluding hydrogens is 495 g/mol. The highest BCUT2D eigenvalue weighted by atomic mass is 31.3. The summed E-state index contributed by atoms with van der Waals surface area (Å²) in [5, 5.41) is 20.4. The van der Waals surface area contributed by atoms with Crippen LogP contribution in [0.5, 0.6) is 0 Å². The van der Waals surface area contributed by atoms with Gasteiger partial charge in [0.1, 0.15) is 30.2 Å². The number of nitrogens with zero attached hydrogens (tertiary/aromatic N) is 4. The SMILES string of the molecule is Nc1ncnc2c1ncn2[C@@H]1O[C@H](COP(=O)(O)OP(=O)(O)OP(O)(=[18O])[18OH])[C@@H](O)[C@H]1O. The molecule has 0 amide bonds. The molecule has 3 heterocycles. The Labute approximate surface area is 171 Å². The Kier molecular flexibility index (Phi) is 6.68. The van der Waals surface area contributed by atoms with Gasteiger partial charge in [0.25, 0.3) is 0 Å². The van der Waals surface area contributed by atoms with E-state index in [2.05, 4.69) is 28.1 Å². The van der Waals surface area contributed by atoms with E-state index in [0.717, 1.165) is 6.33 Å². The number of aromatic nitrogens is 4. The van der Waals surface area contributed by atoms with Crippen LogP contribution in [0.25, 0.3) is 11.2 Å². The zero-order valence-electron chi connectivity index (χ0n) is 14.9. The molecule has 18 nitrogen and oxygen atoms in total. The lowest BCUT2D eigenvalue weighted by Crippen LogP contribution is -2.33. The van der Waals surface area contributed by atoms with Crippen molar-refractivity contribution in [1.29, 1.82) is 0 Å². The molecule has 31 heavy (non-hydrogen) atoms. The van der Waals surface area contributed by atoms with Gasteiger partial charge in [-0.3, -0.25) is 9.09 Å². The van der Waals surface area contributed by atoms with Crippen LogP contribution in [0.1, 0.15) is 6.23 Å². The molecule has 0 bridgehead atoms. The molecule has 174 valence electrons. The average Bonchev–Trinajstić information content (AvgIpc) is 3.13. The van der Waals surface area contributed by atoms with Crippen LogP contribution in [-0.4, -0.2) is 74.2 Å². The van der Waals surface area contributed by atoms with Crippen molar-refractivity contribution in [3.63, 3.8) is 0 Å². The first-order valence-corrected chi connectivity index (χ1v) is 12.4. The van der Waals surface area contributed by atoms with Gasteiger partial charge in [-0.1, -0.05) is 0 Å². The lowest BCUT2D eigenvalue weighted by molar-refractivity contribution is -0.0503. The van der Waals surface area contributed by atoms with E-state index in [9.17, 15) is 28.8 Å². The largest absolute Gasteiger partial charge is 0.490 e. The number of ether oxygens (including phenoxy) is 1. The Morgan fingerprint density at radius 3 is 2.48 bits per heavy atom. The highest BCUT2D eigenvalue weighted by molar-refractivity contribution is 7.66. The molecule has 0 aliphatic carbocycles. The molecule has 0 radical (unpaired) electrons. The second kappa shape index (κ2) is 8.53. The summed E-state index contributed by atoms with van der Waals surface area (Å²) in [5.74, 6) is 0.0426. The van der Waals surface area contributed by atoms with Crippen LogP contribution in [0.15, 0.2) is 12.7 Å². The lowest BCUT2D eigenvalue weighted by atomic mass is 10.1. The fraction of sp³-hybridized carbons (Fsp3) is 0.500. The van der Waals surface area contributed by atoms with Crippen LogP contribution < -0.4 is 5.73 Å². The molecule has 0 saturated carbocycles. The van der Waals surface area contributed by atoms with Gasteiger partial charge in [-0.25, -0.2) is 28.6 Å². The smallest absolute Gasteiger partial charge is 0.387 e. The zero-order valence-corrected chi connectivity index (χ0v) is 17.6. The van der Waals surface area contributed by atoms with Gasteiger partial charge in [-0.05, 0) is 0 Å². The van der Waals surface area contributed by atoms with Crippen molar-refractivity contribution in [3.8, 4) is 0 Å². The predicted octanol–water partition coefficient (Wildman–Crippen LogP) is -1.63. The molecule has 1 fully saturated rings. The Balaban J connectivity index is 1.69. The number of anilines is 1. The average molecular weight is 511 g/mol. The van der Waals surface area contributed by atoms with Crippen LogP contribution >= 0.6 is 23.5 Å². The monoisotopic (exact) mass is 511 g/mol. The van der Waals surface area contributed by atoms with Gasteiger partial charge < -0.3 is 40.3 Å². The molecule has 8 N–H and O–H groups in total. The van der Waals surface area contributed by atoms with E-state index in [4.69, 9.17) is 25.2 Å². The quantitative estimate of drug-likeness (QED) is 0.155. The number of phosphoric acid groups is 3. The summed E-state index contributed by atoms with van der Waals surface area (Å²) >= 11 is 0. The maximum atomic E-state index is 11.8. The first-order valence-electron chi connectivity index (χ1n) is 7.92. The van der Waals surface area contributed by atoms with Gasteiger partial charge in [0.15, 0.2) is 17.7 Å². The van der Waals surface area contributed by atoms with Gasteiger partial charge in [-0.15, -0.1) is 0 Å². The summed E-state index contributed by atoms with van der Waals surface area (Å²) in [7, 11) is -16.7. The Bertz CT molecular complexity index is 1100. The van der Waals surface area contributed by atoms with Gasteiger partial charge in [0.2, 0.25) is 0 Å². The topological polar surface area (TPSA) is 279 Å². The number of aliphatic hydroxyl groups is 2. The van der Waals surface area contributed by atoms with Crippen molar-refractivity contribution in [1.82, 2.24) is 19.5 Å². The molecule has 2 aromatic heterocycles. The van der Waals surface area contributed by atoms with E-state index < -0.39 is 54.6 Å². The van der Waals surface area contributed by atoms with Crippen LogP contribution in [0, 0.1) is 0 Å². The van der Waals surface area contributed by atoms with Crippen molar-refractivity contribution in [3.05, 3.63) is 12.7 Å².